The van der Waals surface area contributed by atoms with E-state index in [9.17, 15) is 5.11 Å². The van der Waals surface area contributed by atoms with Crippen molar-refractivity contribution in [3.8, 4) is 0 Å². The number of nitrogens with zero attached hydrogens (tertiary/aromatic N) is 3. The van der Waals surface area contributed by atoms with Crippen LogP contribution < -0.4 is 0 Å². The van der Waals surface area contributed by atoms with Gasteiger partial charge in [-0.2, -0.15) is 5.10 Å². The molecule has 1 aromatic rings. The molecule has 0 amide bonds. The van der Waals surface area contributed by atoms with Crippen LogP contribution in [0.3, 0.4) is 0 Å². The number of aliphatic hydroxyl groups excluding tert-OH is 1. The van der Waals surface area contributed by atoms with E-state index in [-0.39, 0.29) is 0 Å². The van der Waals surface area contributed by atoms with Crippen LogP contribution in [0.2, 0.25) is 0 Å². The Labute approximate surface area is 72.2 Å². The Kier molecular flexibility index (Phi) is 2.47. The Hall–Kier alpha value is -0.900. The van der Waals surface area contributed by atoms with Crippen molar-refractivity contribution in [3.63, 3.8) is 0 Å². The van der Waals surface area contributed by atoms with Crippen molar-refractivity contribution in [2.45, 2.75) is 39.8 Å². The summed E-state index contributed by atoms with van der Waals surface area (Å²) in [5.74, 6) is 1.84. The lowest BCUT2D eigenvalue weighted by Crippen LogP contribution is -2.11. The fourth-order valence-electron chi connectivity index (χ4n) is 1.12. The van der Waals surface area contributed by atoms with E-state index in [1.54, 1.807) is 11.6 Å². The highest BCUT2D eigenvalue weighted by Gasteiger charge is 2.13. The van der Waals surface area contributed by atoms with E-state index < -0.39 is 6.23 Å². The average Bonchev–Trinajstić information content (AvgIpc) is 2.31. The molecule has 0 saturated carbocycles. The summed E-state index contributed by atoms with van der Waals surface area (Å²) < 4.78 is 1.56. The first-order valence-corrected chi connectivity index (χ1v) is 4.13. The highest BCUT2D eigenvalue weighted by molar-refractivity contribution is 4.96. The highest BCUT2D eigenvalue weighted by atomic mass is 16.3. The maximum atomic E-state index is 9.33. The zero-order valence-electron chi connectivity index (χ0n) is 7.94. The van der Waals surface area contributed by atoms with Crippen molar-refractivity contribution in [2.75, 3.05) is 0 Å². The van der Waals surface area contributed by atoms with Crippen LogP contribution >= 0.6 is 0 Å². The van der Waals surface area contributed by atoms with Gasteiger partial charge >= 0.3 is 0 Å². The molecule has 4 heteroatoms. The van der Waals surface area contributed by atoms with Crippen LogP contribution in [0.4, 0.5) is 0 Å². The largest absolute Gasteiger partial charge is 0.372 e. The number of rotatable bonds is 2. The summed E-state index contributed by atoms with van der Waals surface area (Å²) >= 11 is 0. The molecule has 4 nitrogen and oxygen atoms in total. The van der Waals surface area contributed by atoms with Gasteiger partial charge in [0.05, 0.1) is 0 Å². The number of hydrogen-bond acceptors (Lipinski definition) is 3. The molecular weight excluding hydrogens is 154 g/mol. The molecule has 0 aliphatic rings. The first kappa shape index (κ1) is 9.19. The third-order valence-corrected chi connectivity index (χ3v) is 1.63. The molecule has 12 heavy (non-hydrogen) atoms. The van der Waals surface area contributed by atoms with Crippen LogP contribution in [-0.4, -0.2) is 19.9 Å². The van der Waals surface area contributed by atoms with Gasteiger partial charge in [-0.25, -0.2) is 9.67 Å². The number of aliphatic hydroxyl groups is 1. The molecule has 0 aliphatic carbocycles. The zero-order valence-corrected chi connectivity index (χ0v) is 7.94. The first-order valence-electron chi connectivity index (χ1n) is 4.13. The maximum absolute atomic E-state index is 9.33. The van der Waals surface area contributed by atoms with Gasteiger partial charge in [-0.15, -0.1) is 0 Å². The van der Waals surface area contributed by atoms with Gasteiger partial charge in [0.1, 0.15) is 17.9 Å². The fourth-order valence-corrected chi connectivity index (χ4v) is 1.12. The monoisotopic (exact) mass is 169 g/mol. The minimum atomic E-state index is -0.594. The third-order valence-electron chi connectivity index (χ3n) is 1.63. The van der Waals surface area contributed by atoms with Crippen LogP contribution in [0.1, 0.15) is 44.6 Å². The first-order chi connectivity index (χ1) is 5.52. The quantitative estimate of drug-likeness (QED) is 0.724. The topological polar surface area (TPSA) is 50.9 Å². The molecule has 0 radical (unpaired) electrons. The Morgan fingerprint density at radius 3 is 2.25 bits per heavy atom. The van der Waals surface area contributed by atoms with Crippen molar-refractivity contribution in [1.29, 1.82) is 0 Å². The van der Waals surface area contributed by atoms with E-state index in [0.717, 1.165) is 5.82 Å². The Bertz CT molecular complexity index is 240. The SMILES string of the molecule is Cc1nc(C(C)C)n(C(C)O)n1. The van der Waals surface area contributed by atoms with Gasteiger partial charge in [-0.3, -0.25) is 0 Å². The second kappa shape index (κ2) is 3.23. The smallest absolute Gasteiger partial charge is 0.148 e. The summed E-state index contributed by atoms with van der Waals surface area (Å²) in [7, 11) is 0. The van der Waals surface area contributed by atoms with Crippen LogP contribution in [0, 0.1) is 6.92 Å². The normalized spacial score (nSPS) is 13.8. The van der Waals surface area contributed by atoms with E-state index in [4.69, 9.17) is 0 Å². The predicted octanol–water partition coefficient (Wildman–Crippen LogP) is 1.22. The molecule has 0 aliphatic heterocycles. The van der Waals surface area contributed by atoms with Gasteiger partial charge in [0.2, 0.25) is 0 Å². The Morgan fingerprint density at radius 1 is 1.33 bits per heavy atom. The van der Waals surface area contributed by atoms with E-state index in [2.05, 4.69) is 10.1 Å². The molecule has 0 saturated heterocycles. The molecular formula is C8H15N3O. The summed E-state index contributed by atoms with van der Waals surface area (Å²) in [6.07, 6.45) is -0.594. The van der Waals surface area contributed by atoms with Crippen molar-refractivity contribution < 1.29 is 5.11 Å². The average molecular weight is 169 g/mol. The summed E-state index contributed by atoms with van der Waals surface area (Å²) in [6.45, 7) is 7.56. The van der Waals surface area contributed by atoms with E-state index in [1.165, 1.54) is 0 Å². The molecule has 68 valence electrons. The summed E-state index contributed by atoms with van der Waals surface area (Å²) in [6, 6.07) is 0. The van der Waals surface area contributed by atoms with Crippen molar-refractivity contribution in [3.05, 3.63) is 11.6 Å². The van der Waals surface area contributed by atoms with Gasteiger partial charge in [-0.1, -0.05) is 13.8 Å². The Morgan fingerprint density at radius 2 is 1.92 bits per heavy atom. The second-order valence-corrected chi connectivity index (χ2v) is 3.25. The van der Waals surface area contributed by atoms with Gasteiger partial charge in [0.15, 0.2) is 0 Å². The maximum Gasteiger partial charge on any atom is 0.148 e. The molecule has 0 bridgehead atoms. The third kappa shape index (κ3) is 1.64. The highest BCUT2D eigenvalue weighted by Crippen LogP contribution is 2.14. The predicted molar refractivity (Wildman–Crippen MR) is 45.8 cm³/mol. The standard InChI is InChI=1S/C8H15N3O/c1-5(2)8-9-6(3)10-11(8)7(4)12/h5,7,12H,1-4H3. The van der Waals surface area contributed by atoms with Crippen LogP contribution in [0.25, 0.3) is 0 Å². The molecule has 1 rings (SSSR count). The molecule has 0 fully saturated rings. The summed E-state index contributed by atoms with van der Waals surface area (Å²) in [5, 5.41) is 13.4. The molecule has 0 aromatic carbocycles. The lowest BCUT2D eigenvalue weighted by Gasteiger charge is -2.09. The van der Waals surface area contributed by atoms with Crippen LogP contribution in [0.5, 0.6) is 0 Å². The van der Waals surface area contributed by atoms with Crippen molar-refractivity contribution in [2.24, 2.45) is 0 Å². The number of aryl methyl sites for hydroxylation is 1. The molecule has 1 unspecified atom stereocenters. The molecule has 1 heterocycles. The van der Waals surface area contributed by atoms with Crippen molar-refractivity contribution in [1.82, 2.24) is 14.8 Å². The van der Waals surface area contributed by atoms with E-state index in [0.29, 0.717) is 11.7 Å². The van der Waals surface area contributed by atoms with Gasteiger partial charge in [-0.05, 0) is 13.8 Å². The van der Waals surface area contributed by atoms with Crippen molar-refractivity contribution >= 4 is 0 Å². The fraction of sp³-hybridized carbons (Fsp3) is 0.750. The minimum Gasteiger partial charge on any atom is -0.372 e. The van der Waals surface area contributed by atoms with Gasteiger partial charge in [0.25, 0.3) is 0 Å². The Balaban J connectivity index is 3.08. The number of aromatic nitrogens is 3. The lowest BCUT2D eigenvalue weighted by atomic mass is 10.2. The lowest BCUT2D eigenvalue weighted by molar-refractivity contribution is 0.105. The van der Waals surface area contributed by atoms with Gasteiger partial charge < -0.3 is 5.11 Å². The molecule has 1 N–H and O–H groups in total. The summed E-state index contributed by atoms with van der Waals surface area (Å²) in [4.78, 5) is 4.22. The zero-order chi connectivity index (χ0) is 9.30. The van der Waals surface area contributed by atoms with E-state index >= 15 is 0 Å². The molecule has 1 aromatic heterocycles. The number of hydrogen-bond donors (Lipinski definition) is 1. The van der Waals surface area contributed by atoms with Gasteiger partial charge in [0, 0.05) is 5.92 Å². The van der Waals surface area contributed by atoms with Crippen LogP contribution in [-0.2, 0) is 0 Å². The second-order valence-electron chi connectivity index (χ2n) is 3.25. The molecule has 1 atom stereocenters. The van der Waals surface area contributed by atoms with Crippen LogP contribution in [0.15, 0.2) is 0 Å². The summed E-state index contributed by atoms with van der Waals surface area (Å²) in [5.41, 5.74) is 0. The molecule has 0 spiro atoms. The van der Waals surface area contributed by atoms with E-state index in [1.807, 2.05) is 20.8 Å². The minimum absolute atomic E-state index is 0.292.